The number of hydrogen-bond donors (Lipinski definition) is 0. The second-order valence-electron chi connectivity index (χ2n) is 9.03. The molecule has 0 atom stereocenters. The number of hydrogen-bond acceptors (Lipinski definition) is 1. The number of para-hydroxylation sites is 1. The zero-order valence-electron chi connectivity index (χ0n) is 20.0. The van der Waals surface area contributed by atoms with Crippen LogP contribution in [0.3, 0.4) is 0 Å². The summed E-state index contributed by atoms with van der Waals surface area (Å²) in [5.41, 5.74) is 9.56. The van der Waals surface area contributed by atoms with Gasteiger partial charge in [-0.2, -0.15) is 0 Å². The summed E-state index contributed by atoms with van der Waals surface area (Å²) in [4.78, 5) is 2.31. The minimum Gasteiger partial charge on any atom is -0.309 e. The summed E-state index contributed by atoms with van der Waals surface area (Å²) < 4.78 is 1.05. The molecule has 2 heteroatoms. The summed E-state index contributed by atoms with van der Waals surface area (Å²) in [5, 5.41) is 0. The molecule has 5 rings (SSSR count). The van der Waals surface area contributed by atoms with Crippen molar-refractivity contribution in [2.45, 2.75) is 19.8 Å². The van der Waals surface area contributed by atoms with Crippen molar-refractivity contribution in [1.29, 1.82) is 0 Å². The van der Waals surface area contributed by atoms with E-state index in [0.29, 0.717) is 5.92 Å². The number of benzene rings is 5. The van der Waals surface area contributed by atoms with E-state index in [1.54, 1.807) is 0 Å². The Hall–Kier alpha value is -3.62. The van der Waals surface area contributed by atoms with Crippen LogP contribution in [0.4, 0.5) is 17.1 Å². The highest BCUT2D eigenvalue weighted by Gasteiger charge is 2.16. The minimum absolute atomic E-state index is 0.511. The zero-order chi connectivity index (χ0) is 24.2. The van der Waals surface area contributed by atoms with Gasteiger partial charge in [0.25, 0.3) is 0 Å². The summed E-state index contributed by atoms with van der Waals surface area (Å²) in [6, 6.07) is 45.3. The van der Waals surface area contributed by atoms with Crippen LogP contribution in [0, 0.1) is 0 Å². The fourth-order valence-electron chi connectivity index (χ4n) is 4.38. The van der Waals surface area contributed by atoms with Gasteiger partial charge in [0.2, 0.25) is 0 Å². The SMILES string of the molecule is CC(C)c1cccc(-c2ccc(N(c3ccccc3)c3cc(-c4ccccc4)ccc3Br)cc2)c1. The lowest BCUT2D eigenvalue weighted by molar-refractivity contribution is 0.867. The molecule has 0 fully saturated rings. The second kappa shape index (κ2) is 10.3. The zero-order valence-corrected chi connectivity index (χ0v) is 21.6. The minimum atomic E-state index is 0.511. The Morgan fingerprint density at radius 3 is 1.74 bits per heavy atom. The van der Waals surface area contributed by atoms with Crippen LogP contribution in [0.25, 0.3) is 22.3 Å². The number of halogens is 1. The Bertz CT molecular complexity index is 1410. The highest BCUT2D eigenvalue weighted by Crippen LogP contribution is 2.41. The van der Waals surface area contributed by atoms with Crippen molar-refractivity contribution in [3.05, 3.63) is 137 Å². The summed E-state index contributed by atoms with van der Waals surface area (Å²) in [7, 11) is 0. The van der Waals surface area contributed by atoms with E-state index in [9.17, 15) is 0 Å². The number of anilines is 3. The van der Waals surface area contributed by atoms with E-state index < -0.39 is 0 Å². The average molecular weight is 518 g/mol. The van der Waals surface area contributed by atoms with Crippen molar-refractivity contribution in [1.82, 2.24) is 0 Å². The first-order chi connectivity index (χ1) is 17.1. The van der Waals surface area contributed by atoms with Gasteiger partial charge in [0.15, 0.2) is 0 Å². The molecule has 0 aliphatic rings. The van der Waals surface area contributed by atoms with E-state index in [-0.39, 0.29) is 0 Å². The summed E-state index contributed by atoms with van der Waals surface area (Å²) in [6.45, 7) is 4.47. The lowest BCUT2D eigenvalue weighted by atomic mass is 9.97. The van der Waals surface area contributed by atoms with Crippen LogP contribution in [-0.2, 0) is 0 Å². The van der Waals surface area contributed by atoms with Gasteiger partial charge in [-0.05, 0) is 86.1 Å². The van der Waals surface area contributed by atoms with E-state index in [2.05, 4.69) is 162 Å². The molecule has 0 aliphatic heterocycles. The third-order valence-corrected chi connectivity index (χ3v) is 6.99. The fourth-order valence-corrected chi connectivity index (χ4v) is 4.80. The molecular formula is C33H28BrN. The third kappa shape index (κ3) is 5.08. The largest absolute Gasteiger partial charge is 0.309 e. The van der Waals surface area contributed by atoms with Crippen molar-refractivity contribution in [3.63, 3.8) is 0 Å². The maximum Gasteiger partial charge on any atom is 0.0609 e. The molecule has 5 aromatic rings. The van der Waals surface area contributed by atoms with E-state index in [0.717, 1.165) is 21.5 Å². The molecule has 0 bridgehead atoms. The molecule has 35 heavy (non-hydrogen) atoms. The van der Waals surface area contributed by atoms with Crippen molar-refractivity contribution in [3.8, 4) is 22.3 Å². The molecule has 0 aromatic heterocycles. The Morgan fingerprint density at radius 2 is 1.06 bits per heavy atom. The van der Waals surface area contributed by atoms with Gasteiger partial charge >= 0.3 is 0 Å². The molecule has 0 saturated heterocycles. The number of nitrogens with zero attached hydrogens (tertiary/aromatic N) is 1. The van der Waals surface area contributed by atoms with Crippen LogP contribution in [0.1, 0.15) is 25.3 Å². The highest BCUT2D eigenvalue weighted by atomic mass is 79.9. The van der Waals surface area contributed by atoms with Crippen molar-refractivity contribution < 1.29 is 0 Å². The van der Waals surface area contributed by atoms with Crippen LogP contribution in [0.15, 0.2) is 132 Å². The monoisotopic (exact) mass is 517 g/mol. The van der Waals surface area contributed by atoms with Gasteiger partial charge in [-0.1, -0.05) is 105 Å². The van der Waals surface area contributed by atoms with Gasteiger partial charge < -0.3 is 4.90 Å². The molecule has 0 aliphatic carbocycles. The molecule has 0 N–H and O–H groups in total. The quantitative estimate of drug-likeness (QED) is 0.216. The number of rotatable bonds is 6. The third-order valence-electron chi connectivity index (χ3n) is 6.32. The van der Waals surface area contributed by atoms with Gasteiger partial charge in [0.1, 0.15) is 0 Å². The first-order valence-corrected chi connectivity index (χ1v) is 12.8. The predicted molar refractivity (Wildman–Crippen MR) is 154 cm³/mol. The summed E-state index contributed by atoms with van der Waals surface area (Å²) in [5.74, 6) is 0.511. The average Bonchev–Trinajstić information content (AvgIpc) is 2.91. The van der Waals surface area contributed by atoms with E-state index in [4.69, 9.17) is 0 Å². The molecule has 0 heterocycles. The van der Waals surface area contributed by atoms with Crippen molar-refractivity contribution in [2.24, 2.45) is 0 Å². The fraction of sp³-hybridized carbons (Fsp3) is 0.0909. The van der Waals surface area contributed by atoms with E-state index in [1.807, 2.05) is 0 Å². The Kier molecular flexibility index (Phi) is 6.83. The van der Waals surface area contributed by atoms with Gasteiger partial charge in [0.05, 0.1) is 5.69 Å². The molecule has 0 unspecified atom stereocenters. The van der Waals surface area contributed by atoms with Gasteiger partial charge in [0, 0.05) is 15.8 Å². The predicted octanol–water partition coefficient (Wildman–Crippen LogP) is 10.4. The van der Waals surface area contributed by atoms with Gasteiger partial charge in [-0.25, -0.2) is 0 Å². The smallest absolute Gasteiger partial charge is 0.0609 e. The summed E-state index contributed by atoms with van der Waals surface area (Å²) in [6.07, 6.45) is 0. The standard InChI is InChI=1S/C33H28BrN/c1-24(2)27-12-9-13-28(22-27)26-16-19-31(20-17-26)35(30-14-7-4-8-15-30)33-23-29(18-21-32(33)34)25-10-5-3-6-11-25/h3-24H,1-2H3. The first kappa shape index (κ1) is 23.1. The van der Waals surface area contributed by atoms with E-state index in [1.165, 1.54) is 27.8 Å². The molecule has 0 saturated carbocycles. The van der Waals surface area contributed by atoms with Crippen molar-refractivity contribution in [2.75, 3.05) is 4.90 Å². The second-order valence-corrected chi connectivity index (χ2v) is 9.88. The molecule has 1 nitrogen and oxygen atoms in total. The van der Waals surface area contributed by atoms with Crippen LogP contribution in [-0.4, -0.2) is 0 Å². The van der Waals surface area contributed by atoms with Gasteiger partial charge in [-0.15, -0.1) is 0 Å². The normalized spacial score (nSPS) is 11.0. The van der Waals surface area contributed by atoms with Crippen molar-refractivity contribution >= 4 is 33.0 Å². The van der Waals surface area contributed by atoms with Crippen LogP contribution in [0.5, 0.6) is 0 Å². The molecule has 5 aromatic carbocycles. The molecule has 0 spiro atoms. The Morgan fingerprint density at radius 1 is 0.514 bits per heavy atom. The molecular weight excluding hydrogens is 490 g/mol. The Balaban J connectivity index is 1.59. The molecule has 0 amide bonds. The summed E-state index contributed by atoms with van der Waals surface area (Å²) >= 11 is 3.83. The van der Waals surface area contributed by atoms with Crippen LogP contribution < -0.4 is 4.90 Å². The van der Waals surface area contributed by atoms with Crippen LogP contribution >= 0.6 is 15.9 Å². The lowest BCUT2D eigenvalue weighted by Gasteiger charge is -2.27. The molecule has 0 radical (unpaired) electrons. The topological polar surface area (TPSA) is 3.24 Å². The van der Waals surface area contributed by atoms with E-state index >= 15 is 0 Å². The van der Waals surface area contributed by atoms with Gasteiger partial charge in [-0.3, -0.25) is 0 Å². The molecule has 172 valence electrons. The maximum absolute atomic E-state index is 3.83. The Labute approximate surface area is 216 Å². The lowest BCUT2D eigenvalue weighted by Crippen LogP contribution is -2.10. The first-order valence-electron chi connectivity index (χ1n) is 12.0. The maximum atomic E-state index is 3.83. The van der Waals surface area contributed by atoms with Crippen LogP contribution in [0.2, 0.25) is 0 Å². The highest BCUT2D eigenvalue weighted by molar-refractivity contribution is 9.10.